The third kappa shape index (κ3) is 6.18. The minimum absolute atomic E-state index is 0.0571. The molecule has 2 aromatic carbocycles. The number of carbonyl (C=O) groups excluding carboxylic acids is 2. The van der Waals surface area contributed by atoms with Gasteiger partial charge in [-0.05, 0) is 50.0 Å². The van der Waals surface area contributed by atoms with Crippen LogP contribution in [0.1, 0.15) is 22.3 Å². The molecule has 0 spiro atoms. The summed E-state index contributed by atoms with van der Waals surface area (Å²) < 4.78 is 5.16. The Balaban J connectivity index is 1.99. The number of nitrogens with one attached hydrogen (secondary N) is 1. The second-order valence-corrected chi connectivity index (χ2v) is 6.16. The average molecular weight is 352 g/mol. The zero-order chi connectivity index (χ0) is 18.9. The first-order valence-electron chi connectivity index (χ1n) is 8.39. The molecule has 1 N–H and O–H groups in total. The smallest absolute Gasteiger partial charge is 0.248 e. The number of ketones is 1. The molecule has 0 aliphatic heterocycles. The molecule has 0 aliphatic carbocycles. The molecule has 0 bridgehead atoms. The summed E-state index contributed by atoms with van der Waals surface area (Å²) in [6, 6.07) is 14.4. The Labute approximate surface area is 154 Å². The van der Waals surface area contributed by atoms with Gasteiger partial charge in [0, 0.05) is 30.3 Å². The van der Waals surface area contributed by atoms with E-state index >= 15 is 0 Å². The molecule has 0 radical (unpaired) electrons. The summed E-state index contributed by atoms with van der Waals surface area (Å²) in [5.41, 5.74) is 2.06. The highest BCUT2D eigenvalue weighted by Crippen LogP contribution is 2.15. The van der Waals surface area contributed by atoms with Gasteiger partial charge < -0.3 is 15.0 Å². The van der Waals surface area contributed by atoms with Gasteiger partial charge in [-0.1, -0.05) is 24.3 Å². The van der Waals surface area contributed by atoms with Gasteiger partial charge in [-0.3, -0.25) is 9.59 Å². The van der Waals surface area contributed by atoms with E-state index in [4.69, 9.17) is 4.74 Å². The molecule has 0 unspecified atom stereocenters. The Morgan fingerprint density at radius 2 is 1.88 bits per heavy atom. The van der Waals surface area contributed by atoms with Crippen LogP contribution in [0.15, 0.2) is 54.6 Å². The Morgan fingerprint density at radius 1 is 1.12 bits per heavy atom. The summed E-state index contributed by atoms with van der Waals surface area (Å²) in [5.74, 6) is 0.531. The van der Waals surface area contributed by atoms with Gasteiger partial charge >= 0.3 is 0 Å². The van der Waals surface area contributed by atoms with Crippen molar-refractivity contribution in [2.75, 3.05) is 33.1 Å². The predicted molar refractivity (Wildman–Crippen MR) is 105 cm³/mol. The van der Waals surface area contributed by atoms with Crippen molar-refractivity contribution in [3.8, 4) is 5.75 Å². The van der Waals surface area contributed by atoms with Gasteiger partial charge in [0.1, 0.15) is 5.75 Å². The second-order valence-electron chi connectivity index (χ2n) is 6.16. The SMILES string of the molecule is COc1cccc(/C=C/C(=O)Nc2cccc(C(=O)CCN(C)C)c2)c1. The normalized spacial score (nSPS) is 10.9. The van der Waals surface area contributed by atoms with Crippen molar-refractivity contribution in [3.05, 3.63) is 65.7 Å². The van der Waals surface area contributed by atoms with Crippen LogP contribution in [-0.2, 0) is 4.79 Å². The molecule has 0 aliphatic rings. The third-order valence-electron chi connectivity index (χ3n) is 3.76. The summed E-state index contributed by atoms with van der Waals surface area (Å²) in [6.45, 7) is 0.693. The largest absolute Gasteiger partial charge is 0.497 e. The maximum Gasteiger partial charge on any atom is 0.248 e. The number of anilines is 1. The average Bonchev–Trinajstić information content (AvgIpc) is 2.64. The molecule has 1 amide bonds. The molecule has 0 aromatic heterocycles. The Bertz CT molecular complexity index is 797. The van der Waals surface area contributed by atoms with E-state index in [0.717, 1.165) is 11.3 Å². The van der Waals surface area contributed by atoms with Gasteiger partial charge in [0.2, 0.25) is 5.91 Å². The number of amides is 1. The van der Waals surface area contributed by atoms with Crippen LogP contribution in [0.5, 0.6) is 5.75 Å². The lowest BCUT2D eigenvalue weighted by molar-refractivity contribution is -0.111. The molecule has 0 atom stereocenters. The zero-order valence-corrected chi connectivity index (χ0v) is 15.4. The molecule has 5 nitrogen and oxygen atoms in total. The zero-order valence-electron chi connectivity index (χ0n) is 15.4. The quantitative estimate of drug-likeness (QED) is 0.584. The number of hydrogen-bond donors (Lipinski definition) is 1. The van der Waals surface area contributed by atoms with E-state index in [0.29, 0.717) is 24.2 Å². The number of Topliss-reactive ketones (excluding diaryl/α,β-unsaturated/α-hetero) is 1. The highest BCUT2D eigenvalue weighted by atomic mass is 16.5. The van der Waals surface area contributed by atoms with Crippen molar-refractivity contribution in [2.45, 2.75) is 6.42 Å². The third-order valence-corrected chi connectivity index (χ3v) is 3.76. The summed E-state index contributed by atoms with van der Waals surface area (Å²) in [5, 5.41) is 2.78. The van der Waals surface area contributed by atoms with Crippen molar-refractivity contribution in [3.63, 3.8) is 0 Å². The lowest BCUT2D eigenvalue weighted by Gasteiger charge is -2.09. The first-order chi connectivity index (χ1) is 12.5. The van der Waals surface area contributed by atoms with Crippen LogP contribution >= 0.6 is 0 Å². The fourth-order valence-corrected chi connectivity index (χ4v) is 2.34. The number of ether oxygens (including phenoxy) is 1. The highest BCUT2D eigenvalue weighted by Gasteiger charge is 2.08. The minimum atomic E-state index is -0.259. The number of methoxy groups -OCH3 is 1. The van der Waals surface area contributed by atoms with E-state index in [2.05, 4.69) is 5.32 Å². The van der Waals surface area contributed by atoms with Crippen LogP contribution in [-0.4, -0.2) is 44.3 Å². The molecule has 2 aromatic rings. The van der Waals surface area contributed by atoms with Gasteiger partial charge in [0.05, 0.1) is 7.11 Å². The number of nitrogens with zero attached hydrogens (tertiary/aromatic N) is 1. The second kappa shape index (κ2) is 9.53. The van der Waals surface area contributed by atoms with E-state index in [-0.39, 0.29) is 11.7 Å². The van der Waals surface area contributed by atoms with Crippen LogP contribution in [0.25, 0.3) is 6.08 Å². The molecule has 26 heavy (non-hydrogen) atoms. The highest BCUT2D eigenvalue weighted by molar-refractivity contribution is 6.03. The van der Waals surface area contributed by atoms with E-state index < -0.39 is 0 Å². The summed E-state index contributed by atoms with van der Waals surface area (Å²) in [6.07, 6.45) is 3.61. The maximum absolute atomic E-state index is 12.2. The molecule has 0 fully saturated rings. The Morgan fingerprint density at radius 3 is 2.62 bits per heavy atom. The van der Waals surface area contributed by atoms with E-state index in [1.165, 1.54) is 6.08 Å². The van der Waals surface area contributed by atoms with Crippen molar-refractivity contribution < 1.29 is 14.3 Å². The van der Waals surface area contributed by atoms with E-state index in [1.54, 1.807) is 37.5 Å². The van der Waals surface area contributed by atoms with Gasteiger partial charge in [-0.2, -0.15) is 0 Å². The molecule has 5 heteroatoms. The Hall–Kier alpha value is -2.92. The number of hydrogen-bond acceptors (Lipinski definition) is 4. The van der Waals surface area contributed by atoms with Crippen LogP contribution in [0.4, 0.5) is 5.69 Å². The van der Waals surface area contributed by atoms with Gasteiger partial charge in [0.15, 0.2) is 5.78 Å². The summed E-state index contributed by atoms with van der Waals surface area (Å²) >= 11 is 0. The lowest BCUT2D eigenvalue weighted by Crippen LogP contribution is -2.16. The van der Waals surface area contributed by atoms with Crippen molar-refractivity contribution in [1.29, 1.82) is 0 Å². The molecule has 0 saturated heterocycles. The van der Waals surface area contributed by atoms with Crippen LogP contribution in [0.2, 0.25) is 0 Å². The monoisotopic (exact) mass is 352 g/mol. The standard InChI is InChI=1S/C21H24N2O3/c1-23(2)13-12-20(24)17-7-5-8-18(15-17)22-21(25)11-10-16-6-4-9-19(14-16)26-3/h4-11,14-15H,12-13H2,1-3H3,(H,22,25)/b11-10+. The molecule has 136 valence electrons. The number of rotatable bonds is 8. The lowest BCUT2D eigenvalue weighted by atomic mass is 10.1. The van der Waals surface area contributed by atoms with Crippen molar-refractivity contribution in [1.82, 2.24) is 4.90 Å². The predicted octanol–water partition coefficient (Wildman–Crippen LogP) is 3.48. The topological polar surface area (TPSA) is 58.6 Å². The van der Waals surface area contributed by atoms with Gasteiger partial charge in [0.25, 0.3) is 0 Å². The first kappa shape index (κ1) is 19.4. The van der Waals surface area contributed by atoms with Crippen molar-refractivity contribution in [2.24, 2.45) is 0 Å². The van der Waals surface area contributed by atoms with Gasteiger partial charge in [-0.15, -0.1) is 0 Å². The first-order valence-corrected chi connectivity index (χ1v) is 8.39. The molecular weight excluding hydrogens is 328 g/mol. The summed E-state index contributed by atoms with van der Waals surface area (Å²) in [4.78, 5) is 26.3. The number of benzene rings is 2. The van der Waals surface area contributed by atoms with Crippen molar-refractivity contribution >= 4 is 23.5 Å². The van der Waals surface area contributed by atoms with Crippen LogP contribution in [0, 0.1) is 0 Å². The molecule has 0 saturated carbocycles. The molecule has 2 rings (SSSR count). The van der Waals surface area contributed by atoms with E-state index in [1.807, 2.05) is 43.3 Å². The minimum Gasteiger partial charge on any atom is -0.497 e. The molecule has 0 heterocycles. The van der Waals surface area contributed by atoms with Gasteiger partial charge in [-0.25, -0.2) is 0 Å². The Kier molecular flexibility index (Phi) is 7.12. The fourth-order valence-electron chi connectivity index (χ4n) is 2.34. The fraction of sp³-hybridized carbons (Fsp3) is 0.238. The van der Waals surface area contributed by atoms with Crippen LogP contribution < -0.4 is 10.1 Å². The molecular formula is C21H24N2O3. The summed E-state index contributed by atoms with van der Waals surface area (Å²) in [7, 11) is 5.46. The maximum atomic E-state index is 12.2. The van der Waals surface area contributed by atoms with E-state index in [9.17, 15) is 9.59 Å². The van der Waals surface area contributed by atoms with Crippen LogP contribution in [0.3, 0.4) is 0 Å². The number of carbonyl (C=O) groups is 2.